The number of halogens is 1. The molecule has 0 saturated heterocycles. The number of imidazole rings is 1. The van der Waals surface area contributed by atoms with Crippen molar-refractivity contribution >= 4 is 21.8 Å². The maximum absolute atomic E-state index is 12.2. The quantitative estimate of drug-likeness (QED) is 0.758. The van der Waals surface area contributed by atoms with Gasteiger partial charge in [-0.15, -0.1) is 0 Å². The minimum Gasteiger partial charge on any atom is -0.348 e. The van der Waals surface area contributed by atoms with Crippen LogP contribution >= 0.6 is 15.9 Å². The molecule has 0 bridgehead atoms. The smallest absolute Gasteiger partial charge is 0.252 e. The van der Waals surface area contributed by atoms with Crippen molar-refractivity contribution in [1.29, 1.82) is 0 Å². The molecule has 0 aliphatic carbocycles. The third-order valence-electron chi connectivity index (χ3n) is 3.61. The van der Waals surface area contributed by atoms with E-state index < -0.39 is 0 Å². The van der Waals surface area contributed by atoms with Gasteiger partial charge < -0.3 is 9.88 Å². The minimum absolute atomic E-state index is 0.0907. The highest BCUT2D eigenvalue weighted by Crippen LogP contribution is 2.16. The fourth-order valence-electron chi connectivity index (χ4n) is 2.35. The first-order valence-electron chi connectivity index (χ1n) is 7.27. The first kappa shape index (κ1) is 15.5. The average molecular weight is 370 g/mol. The predicted molar refractivity (Wildman–Crippen MR) is 93.6 cm³/mol. The van der Waals surface area contributed by atoms with Gasteiger partial charge in [-0.3, -0.25) is 4.79 Å². The van der Waals surface area contributed by atoms with E-state index in [9.17, 15) is 4.79 Å². The zero-order valence-electron chi connectivity index (χ0n) is 12.7. The number of nitrogens with zero attached hydrogens (tertiary/aromatic N) is 2. The first-order chi connectivity index (χ1) is 11.1. The van der Waals surface area contributed by atoms with Crippen molar-refractivity contribution in [3.63, 3.8) is 0 Å². The zero-order chi connectivity index (χ0) is 16.2. The highest BCUT2D eigenvalue weighted by Gasteiger charge is 2.08. The summed E-state index contributed by atoms with van der Waals surface area (Å²) in [7, 11) is 0. The Morgan fingerprint density at radius 1 is 1.17 bits per heavy atom. The summed E-state index contributed by atoms with van der Waals surface area (Å²) in [6.45, 7) is 2.45. The van der Waals surface area contributed by atoms with Crippen LogP contribution in [0.15, 0.2) is 65.4 Å². The van der Waals surface area contributed by atoms with Gasteiger partial charge in [-0.2, -0.15) is 0 Å². The highest BCUT2D eigenvalue weighted by atomic mass is 79.9. The molecule has 4 nitrogen and oxygen atoms in total. The van der Waals surface area contributed by atoms with Crippen molar-refractivity contribution in [2.75, 3.05) is 0 Å². The van der Waals surface area contributed by atoms with Crippen molar-refractivity contribution in [2.24, 2.45) is 0 Å². The van der Waals surface area contributed by atoms with Crippen molar-refractivity contribution in [2.45, 2.75) is 13.5 Å². The van der Waals surface area contributed by atoms with E-state index in [1.165, 1.54) is 0 Å². The average Bonchev–Trinajstić information content (AvgIpc) is 2.99. The Hall–Kier alpha value is -2.40. The van der Waals surface area contributed by atoms with Crippen molar-refractivity contribution in [3.8, 4) is 5.69 Å². The van der Waals surface area contributed by atoms with Crippen LogP contribution < -0.4 is 5.32 Å². The largest absolute Gasteiger partial charge is 0.348 e. The molecule has 23 heavy (non-hydrogen) atoms. The molecule has 2 aromatic carbocycles. The second kappa shape index (κ2) is 6.79. The molecule has 5 heteroatoms. The first-order valence-corrected chi connectivity index (χ1v) is 8.06. The number of carbonyl (C=O) groups excluding carboxylic acids is 1. The lowest BCUT2D eigenvalue weighted by Gasteiger charge is -2.09. The van der Waals surface area contributed by atoms with Gasteiger partial charge >= 0.3 is 0 Å². The summed E-state index contributed by atoms with van der Waals surface area (Å²) >= 11 is 3.39. The lowest BCUT2D eigenvalue weighted by molar-refractivity contribution is 0.0950. The van der Waals surface area contributed by atoms with Gasteiger partial charge in [0.15, 0.2) is 0 Å². The number of hydrogen-bond donors (Lipinski definition) is 1. The Kier molecular flexibility index (Phi) is 4.57. The van der Waals surface area contributed by atoms with Gasteiger partial charge in [0.2, 0.25) is 0 Å². The molecule has 3 aromatic rings. The van der Waals surface area contributed by atoms with Crippen LogP contribution in [0.5, 0.6) is 0 Å². The van der Waals surface area contributed by atoms with Gasteiger partial charge in [0.05, 0.1) is 5.56 Å². The normalized spacial score (nSPS) is 10.5. The van der Waals surface area contributed by atoms with Crippen LogP contribution in [0, 0.1) is 6.92 Å². The highest BCUT2D eigenvalue weighted by molar-refractivity contribution is 9.10. The number of amides is 1. The Bertz CT molecular complexity index is 824. The molecule has 3 rings (SSSR count). The van der Waals surface area contributed by atoms with Gasteiger partial charge in [0.25, 0.3) is 5.91 Å². The molecule has 0 radical (unpaired) electrons. The SMILES string of the molecule is Cc1nccn1-c1ccc(CNC(=O)c2ccccc2Br)cc1. The van der Waals surface area contributed by atoms with E-state index in [1.54, 1.807) is 12.3 Å². The van der Waals surface area contributed by atoms with Gasteiger partial charge in [0.1, 0.15) is 5.82 Å². The third-order valence-corrected chi connectivity index (χ3v) is 4.30. The van der Waals surface area contributed by atoms with Crippen LogP contribution in [0.3, 0.4) is 0 Å². The lowest BCUT2D eigenvalue weighted by atomic mass is 10.2. The van der Waals surface area contributed by atoms with Gasteiger partial charge in [-0.1, -0.05) is 24.3 Å². The third kappa shape index (κ3) is 3.51. The Morgan fingerprint density at radius 3 is 2.57 bits per heavy atom. The number of rotatable bonds is 4. The molecule has 0 aliphatic rings. The van der Waals surface area contributed by atoms with Crippen LogP contribution in [0.2, 0.25) is 0 Å². The number of carbonyl (C=O) groups is 1. The van der Waals surface area contributed by atoms with E-state index in [0.29, 0.717) is 12.1 Å². The molecule has 1 aromatic heterocycles. The second-order valence-electron chi connectivity index (χ2n) is 5.17. The molecule has 0 spiro atoms. The minimum atomic E-state index is -0.0907. The fourth-order valence-corrected chi connectivity index (χ4v) is 2.81. The van der Waals surface area contributed by atoms with Crippen LogP contribution in [-0.2, 0) is 6.54 Å². The predicted octanol–water partition coefficient (Wildman–Crippen LogP) is 3.87. The molecule has 0 saturated carbocycles. The van der Waals surface area contributed by atoms with E-state index in [1.807, 2.05) is 60.2 Å². The summed E-state index contributed by atoms with van der Waals surface area (Å²) in [6.07, 6.45) is 3.71. The van der Waals surface area contributed by atoms with Crippen LogP contribution in [0.1, 0.15) is 21.7 Å². The van der Waals surface area contributed by atoms with Crippen molar-refractivity contribution in [3.05, 3.63) is 82.3 Å². The molecule has 1 heterocycles. The molecule has 1 N–H and O–H groups in total. The summed E-state index contributed by atoms with van der Waals surface area (Å²) in [6, 6.07) is 15.5. The summed E-state index contributed by atoms with van der Waals surface area (Å²) in [5, 5.41) is 2.93. The topological polar surface area (TPSA) is 46.9 Å². The van der Waals surface area contributed by atoms with E-state index in [2.05, 4.69) is 26.2 Å². The van der Waals surface area contributed by atoms with Gasteiger partial charge in [0, 0.05) is 29.1 Å². The Balaban J connectivity index is 1.66. The molecular formula is C18H16BrN3O. The summed E-state index contributed by atoms with van der Waals surface area (Å²) in [5.74, 6) is 0.854. The maximum atomic E-state index is 12.2. The monoisotopic (exact) mass is 369 g/mol. The number of aryl methyl sites for hydroxylation is 1. The second-order valence-corrected chi connectivity index (χ2v) is 6.03. The van der Waals surface area contributed by atoms with Gasteiger partial charge in [-0.25, -0.2) is 4.98 Å². The molecule has 0 fully saturated rings. The number of aromatic nitrogens is 2. The Labute approximate surface area is 143 Å². The maximum Gasteiger partial charge on any atom is 0.252 e. The molecule has 0 unspecified atom stereocenters. The summed E-state index contributed by atoms with van der Waals surface area (Å²) in [4.78, 5) is 16.4. The van der Waals surface area contributed by atoms with E-state index in [0.717, 1.165) is 21.5 Å². The molecule has 116 valence electrons. The molecule has 0 atom stereocenters. The van der Waals surface area contributed by atoms with E-state index in [4.69, 9.17) is 0 Å². The number of nitrogens with one attached hydrogen (secondary N) is 1. The van der Waals surface area contributed by atoms with E-state index in [-0.39, 0.29) is 5.91 Å². The standard InChI is InChI=1S/C18H16BrN3O/c1-13-20-10-11-22(13)15-8-6-14(7-9-15)12-21-18(23)16-4-2-3-5-17(16)19/h2-11H,12H2,1H3,(H,21,23). The molecule has 1 amide bonds. The molecular weight excluding hydrogens is 354 g/mol. The van der Waals surface area contributed by atoms with Crippen molar-refractivity contribution in [1.82, 2.24) is 14.9 Å². The zero-order valence-corrected chi connectivity index (χ0v) is 14.2. The summed E-state index contributed by atoms with van der Waals surface area (Å²) < 4.78 is 2.81. The van der Waals surface area contributed by atoms with E-state index >= 15 is 0 Å². The Morgan fingerprint density at radius 2 is 1.91 bits per heavy atom. The van der Waals surface area contributed by atoms with Crippen LogP contribution in [0.25, 0.3) is 5.69 Å². The van der Waals surface area contributed by atoms with Crippen molar-refractivity contribution < 1.29 is 4.79 Å². The molecule has 0 aliphatic heterocycles. The lowest BCUT2D eigenvalue weighted by Crippen LogP contribution is -2.23. The fraction of sp³-hybridized carbons (Fsp3) is 0.111. The summed E-state index contributed by atoms with van der Waals surface area (Å²) in [5.41, 5.74) is 2.74. The van der Waals surface area contributed by atoms with Crippen LogP contribution in [-0.4, -0.2) is 15.5 Å². The number of hydrogen-bond acceptors (Lipinski definition) is 2. The number of benzene rings is 2. The van der Waals surface area contributed by atoms with Gasteiger partial charge in [-0.05, 0) is 52.7 Å². The van der Waals surface area contributed by atoms with Crippen LogP contribution in [0.4, 0.5) is 0 Å².